The summed E-state index contributed by atoms with van der Waals surface area (Å²) in [5.74, 6) is 4.16. The molecule has 0 aliphatic heterocycles. The molecule has 0 aromatic heterocycles. The Hall–Kier alpha value is -1.66. The summed E-state index contributed by atoms with van der Waals surface area (Å²) in [6, 6.07) is 11.8. The van der Waals surface area contributed by atoms with E-state index in [2.05, 4.69) is 0 Å². The van der Waals surface area contributed by atoms with Crippen molar-refractivity contribution in [3.8, 4) is 11.5 Å². The van der Waals surface area contributed by atoms with Crippen molar-refractivity contribution in [1.82, 2.24) is 0 Å². The van der Waals surface area contributed by atoms with Crippen LogP contribution < -0.4 is 20.9 Å². The summed E-state index contributed by atoms with van der Waals surface area (Å²) in [5, 5.41) is 0. The number of ether oxygens (including phenoxy) is 2. The smallest absolute Gasteiger partial charge is 0.122 e. The van der Waals surface area contributed by atoms with E-state index in [1.165, 1.54) is 11.1 Å². The first-order valence-electron chi connectivity index (χ1n) is 9.90. The minimum Gasteiger partial charge on any atom is -0.494 e. The number of rotatable bonds is 13. The Morgan fingerprint density at radius 1 is 0.714 bits per heavy atom. The van der Waals surface area contributed by atoms with Crippen molar-refractivity contribution in [3.63, 3.8) is 0 Å². The Kier molecular flexibility index (Phi) is 10.3. The normalized spacial score (nSPS) is 10.8. The summed E-state index contributed by atoms with van der Waals surface area (Å²) in [6.07, 6.45) is 4.22. The van der Waals surface area contributed by atoms with Crippen LogP contribution in [0.4, 0.5) is 11.4 Å². The summed E-state index contributed by atoms with van der Waals surface area (Å²) in [6.45, 7) is 5.38. The van der Waals surface area contributed by atoms with Crippen molar-refractivity contribution in [3.05, 3.63) is 47.5 Å². The number of nitrogens with two attached hydrogens (primary N) is 2. The van der Waals surface area contributed by atoms with E-state index in [9.17, 15) is 0 Å². The highest BCUT2D eigenvalue weighted by atomic mass is 33.1. The van der Waals surface area contributed by atoms with Crippen LogP contribution in [0.2, 0.25) is 0 Å². The summed E-state index contributed by atoms with van der Waals surface area (Å²) >= 11 is 0. The van der Waals surface area contributed by atoms with Crippen LogP contribution in [-0.4, -0.2) is 24.7 Å². The Morgan fingerprint density at radius 3 is 1.54 bits per heavy atom. The summed E-state index contributed by atoms with van der Waals surface area (Å²) in [4.78, 5) is 0. The van der Waals surface area contributed by atoms with Crippen LogP contribution in [0.15, 0.2) is 36.4 Å². The Labute approximate surface area is 177 Å². The third-order valence-corrected chi connectivity index (χ3v) is 6.78. The molecule has 0 spiro atoms. The van der Waals surface area contributed by atoms with Gasteiger partial charge in [-0.05, 0) is 87.1 Å². The van der Waals surface area contributed by atoms with E-state index in [1.807, 2.05) is 71.8 Å². The van der Waals surface area contributed by atoms with Gasteiger partial charge in [0, 0.05) is 22.9 Å². The van der Waals surface area contributed by atoms with Crippen LogP contribution in [0.3, 0.4) is 0 Å². The topological polar surface area (TPSA) is 70.5 Å². The molecule has 0 aliphatic rings. The van der Waals surface area contributed by atoms with Gasteiger partial charge >= 0.3 is 0 Å². The first kappa shape index (κ1) is 22.6. The van der Waals surface area contributed by atoms with E-state index in [0.29, 0.717) is 13.2 Å². The van der Waals surface area contributed by atoms with Crippen LogP contribution >= 0.6 is 21.6 Å². The monoisotopic (exact) mass is 420 g/mol. The number of hydrogen-bond acceptors (Lipinski definition) is 6. The maximum Gasteiger partial charge on any atom is 0.122 e. The number of anilines is 2. The summed E-state index contributed by atoms with van der Waals surface area (Å²) < 4.78 is 11.4. The lowest BCUT2D eigenvalue weighted by Gasteiger charge is -2.11. The van der Waals surface area contributed by atoms with Gasteiger partial charge in [0.2, 0.25) is 0 Å². The van der Waals surface area contributed by atoms with Crippen molar-refractivity contribution in [2.24, 2.45) is 0 Å². The lowest BCUT2D eigenvalue weighted by Crippen LogP contribution is -1.99. The van der Waals surface area contributed by atoms with Crippen LogP contribution in [0.1, 0.15) is 37.8 Å². The van der Waals surface area contributed by atoms with E-state index in [4.69, 9.17) is 20.9 Å². The fourth-order valence-corrected chi connectivity index (χ4v) is 5.12. The van der Waals surface area contributed by atoms with Crippen LogP contribution in [-0.2, 0) is 12.8 Å². The zero-order chi connectivity index (χ0) is 20.2. The van der Waals surface area contributed by atoms with E-state index >= 15 is 0 Å². The first-order valence-corrected chi connectivity index (χ1v) is 12.4. The molecule has 2 rings (SSSR count). The molecule has 0 bridgehead atoms. The second kappa shape index (κ2) is 12.7. The molecule has 0 saturated carbocycles. The lowest BCUT2D eigenvalue weighted by atomic mass is 10.1. The average molecular weight is 421 g/mol. The second-order valence-electron chi connectivity index (χ2n) is 6.45. The molecule has 0 heterocycles. The quantitative estimate of drug-likeness (QED) is 0.250. The molecular weight excluding hydrogens is 388 g/mol. The second-order valence-corrected chi connectivity index (χ2v) is 9.15. The third kappa shape index (κ3) is 7.76. The molecule has 0 atom stereocenters. The molecule has 6 heteroatoms. The van der Waals surface area contributed by atoms with Crippen LogP contribution in [0.5, 0.6) is 11.5 Å². The highest BCUT2D eigenvalue weighted by Crippen LogP contribution is 2.28. The van der Waals surface area contributed by atoms with Gasteiger partial charge < -0.3 is 20.9 Å². The molecule has 2 aromatic rings. The third-order valence-electron chi connectivity index (χ3n) is 4.20. The Balaban J connectivity index is 1.64. The Bertz CT molecular complexity index is 664. The van der Waals surface area contributed by atoms with E-state index in [0.717, 1.165) is 60.1 Å². The molecule has 0 saturated heterocycles. The Morgan fingerprint density at radius 2 is 1.14 bits per heavy atom. The molecule has 0 aliphatic carbocycles. The number of benzene rings is 2. The highest BCUT2D eigenvalue weighted by molar-refractivity contribution is 8.76. The lowest BCUT2D eigenvalue weighted by molar-refractivity contribution is 0.336. The van der Waals surface area contributed by atoms with Gasteiger partial charge in [-0.15, -0.1) is 0 Å². The molecule has 4 N–H and O–H groups in total. The predicted octanol–water partition coefficient (Wildman–Crippen LogP) is 5.60. The number of nitrogen functional groups attached to an aromatic ring is 2. The predicted molar refractivity (Wildman–Crippen MR) is 126 cm³/mol. The van der Waals surface area contributed by atoms with Crippen molar-refractivity contribution >= 4 is 33.0 Å². The van der Waals surface area contributed by atoms with Gasteiger partial charge in [0.1, 0.15) is 11.5 Å². The molecule has 0 unspecified atom stereocenters. The number of aryl methyl sites for hydroxylation is 2. The first-order chi connectivity index (χ1) is 13.6. The molecule has 4 nitrogen and oxygen atoms in total. The van der Waals surface area contributed by atoms with E-state index < -0.39 is 0 Å². The highest BCUT2D eigenvalue weighted by Gasteiger charge is 2.06. The SMILES string of the molecule is CCOc1ccc(N)cc1CCCSSCCCc1cc(N)ccc1OCC. The van der Waals surface area contributed by atoms with Crippen molar-refractivity contribution < 1.29 is 9.47 Å². The fourth-order valence-electron chi connectivity index (χ4n) is 2.94. The standard InChI is InChI=1S/C22H32N2O2S2/c1-3-25-21-11-9-19(23)15-17(21)7-5-13-27-28-14-6-8-18-16-20(24)10-12-22(18)26-4-2/h9-12,15-16H,3-8,13-14,23-24H2,1-2H3. The van der Waals surface area contributed by atoms with Gasteiger partial charge in [-0.2, -0.15) is 0 Å². The van der Waals surface area contributed by atoms with Gasteiger partial charge in [0.05, 0.1) is 13.2 Å². The van der Waals surface area contributed by atoms with Gasteiger partial charge in [-0.1, -0.05) is 21.6 Å². The number of hydrogen-bond donors (Lipinski definition) is 2. The molecule has 0 radical (unpaired) electrons. The van der Waals surface area contributed by atoms with Crippen LogP contribution in [0.25, 0.3) is 0 Å². The average Bonchev–Trinajstić information content (AvgIpc) is 2.68. The minimum absolute atomic E-state index is 0.680. The molecule has 2 aromatic carbocycles. The van der Waals surface area contributed by atoms with Crippen LogP contribution in [0, 0.1) is 0 Å². The summed E-state index contributed by atoms with van der Waals surface area (Å²) in [7, 11) is 3.87. The molecular formula is C22H32N2O2S2. The van der Waals surface area contributed by atoms with Crippen molar-refractivity contribution in [2.45, 2.75) is 39.5 Å². The zero-order valence-corrected chi connectivity index (χ0v) is 18.5. The van der Waals surface area contributed by atoms with Gasteiger partial charge in [0.25, 0.3) is 0 Å². The molecule has 0 fully saturated rings. The van der Waals surface area contributed by atoms with Crippen molar-refractivity contribution in [1.29, 1.82) is 0 Å². The van der Waals surface area contributed by atoms with Gasteiger partial charge in [0.15, 0.2) is 0 Å². The van der Waals surface area contributed by atoms with Gasteiger partial charge in [-0.25, -0.2) is 0 Å². The largest absolute Gasteiger partial charge is 0.494 e. The molecule has 28 heavy (non-hydrogen) atoms. The fraction of sp³-hybridized carbons (Fsp3) is 0.455. The molecule has 0 amide bonds. The maximum absolute atomic E-state index is 5.91. The summed E-state index contributed by atoms with van der Waals surface area (Å²) in [5.41, 5.74) is 15.8. The van der Waals surface area contributed by atoms with E-state index in [-0.39, 0.29) is 0 Å². The minimum atomic E-state index is 0.680. The zero-order valence-electron chi connectivity index (χ0n) is 16.9. The van der Waals surface area contributed by atoms with E-state index in [1.54, 1.807) is 0 Å². The van der Waals surface area contributed by atoms with Crippen molar-refractivity contribution in [2.75, 3.05) is 36.2 Å². The molecule has 154 valence electrons. The maximum atomic E-state index is 5.91. The van der Waals surface area contributed by atoms with Gasteiger partial charge in [-0.3, -0.25) is 0 Å².